The van der Waals surface area contributed by atoms with Crippen LogP contribution in [0.1, 0.15) is 36.3 Å². The smallest absolute Gasteiger partial charge is 0.255 e. The zero-order chi connectivity index (χ0) is 19.1. The number of hydrogen-bond donors (Lipinski definition) is 1. The van der Waals surface area contributed by atoms with Gasteiger partial charge >= 0.3 is 0 Å². The summed E-state index contributed by atoms with van der Waals surface area (Å²) < 4.78 is 7.53. The topological polar surface area (TPSA) is 79.3 Å². The van der Waals surface area contributed by atoms with Crippen LogP contribution in [0.2, 0.25) is 0 Å². The Bertz CT molecular complexity index is 906. The molecule has 2 aromatic rings. The predicted molar refractivity (Wildman–Crippen MR) is 106 cm³/mol. The molecule has 0 saturated carbocycles. The van der Waals surface area contributed by atoms with Crippen molar-refractivity contribution in [2.24, 2.45) is 7.05 Å². The Morgan fingerprint density at radius 1 is 1.18 bits per heavy atom. The van der Waals surface area contributed by atoms with Crippen molar-refractivity contribution in [2.75, 3.05) is 44.3 Å². The fourth-order valence-electron chi connectivity index (χ4n) is 4.94. The highest BCUT2D eigenvalue weighted by Crippen LogP contribution is 2.44. The Hall–Kier alpha value is -2.19. The molecule has 0 radical (unpaired) electrons. The number of ether oxygens (including phenoxy) is 1. The number of fused-ring (bicyclic) bond motifs is 2. The van der Waals surface area contributed by atoms with Gasteiger partial charge in [-0.05, 0) is 38.8 Å². The van der Waals surface area contributed by atoms with Crippen molar-refractivity contribution in [1.29, 1.82) is 0 Å². The molecule has 8 nitrogen and oxygen atoms in total. The lowest BCUT2D eigenvalue weighted by molar-refractivity contribution is 0.121. The molecule has 150 valence electrons. The first kappa shape index (κ1) is 17.9. The molecular formula is C20H28N6O2. The number of anilines is 1. The number of rotatable bonds is 3. The summed E-state index contributed by atoms with van der Waals surface area (Å²) in [5.41, 5.74) is 2.09. The summed E-state index contributed by atoms with van der Waals surface area (Å²) in [6, 6.07) is 0. The van der Waals surface area contributed by atoms with Gasteiger partial charge in [-0.2, -0.15) is 0 Å². The van der Waals surface area contributed by atoms with Gasteiger partial charge in [0.25, 0.3) is 5.56 Å². The van der Waals surface area contributed by atoms with E-state index in [1.165, 1.54) is 0 Å². The van der Waals surface area contributed by atoms with Gasteiger partial charge in [0, 0.05) is 43.5 Å². The van der Waals surface area contributed by atoms with E-state index >= 15 is 0 Å². The number of nitrogens with one attached hydrogen (secondary N) is 1. The van der Waals surface area contributed by atoms with Crippen LogP contribution >= 0.6 is 0 Å². The maximum absolute atomic E-state index is 12.7. The maximum Gasteiger partial charge on any atom is 0.255 e. The van der Waals surface area contributed by atoms with Crippen LogP contribution in [-0.4, -0.2) is 63.8 Å². The monoisotopic (exact) mass is 384 g/mol. The second kappa shape index (κ2) is 7.00. The molecule has 28 heavy (non-hydrogen) atoms. The first-order chi connectivity index (χ1) is 13.6. The highest BCUT2D eigenvalue weighted by molar-refractivity contribution is 5.40. The Labute approximate surface area is 164 Å². The van der Waals surface area contributed by atoms with Crippen molar-refractivity contribution >= 4 is 5.95 Å². The van der Waals surface area contributed by atoms with E-state index in [0.717, 1.165) is 81.4 Å². The average molecular weight is 384 g/mol. The van der Waals surface area contributed by atoms with E-state index in [4.69, 9.17) is 9.72 Å². The van der Waals surface area contributed by atoms with Gasteiger partial charge in [0.15, 0.2) is 0 Å². The predicted octanol–water partition coefficient (Wildman–Crippen LogP) is 0.820. The highest BCUT2D eigenvalue weighted by atomic mass is 16.5. The molecule has 4 heterocycles. The van der Waals surface area contributed by atoms with E-state index in [0.29, 0.717) is 13.2 Å². The lowest BCUT2D eigenvalue weighted by atomic mass is 9.76. The van der Waals surface area contributed by atoms with Crippen LogP contribution in [-0.2, 0) is 30.2 Å². The van der Waals surface area contributed by atoms with E-state index in [1.807, 2.05) is 19.4 Å². The zero-order valence-electron chi connectivity index (χ0n) is 16.5. The Morgan fingerprint density at radius 2 is 1.96 bits per heavy atom. The summed E-state index contributed by atoms with van der Waals surface area (Å²) in [6.45, 7) is 5.87. The zero-order valence-corrected chi connectivity index (χ0v) is 16.5. The molecule has 0 unspecified atom stereocenters. The molecule has 2 fully saturated rings. The van der Waals surface area contributed by atoms with E-state index in [9.17, 15) is 4.79 Å². The Balaban J connectivity index is 1.36. The SMILES string of the molecule is Cn1ccnc1CN1CCC2(CCc3c2nc(N2CCOCC2)[nH]c3=O)CC1. The van der Waals surface area contributed by atoms with Gasteiger partial charge in [-0.3, -0.25) is 14.7 Å². The molecule has 0 bridgehead atoms. The van der Waals surface area contributed by atoms with Crippen LogP contribution in [0.25, 0.3) is 0 Å². The number of imidazole rings is 1. The maximum atomic E-state index is 12.7. The van der Waals surface area contributed by atoms with E-state index < -0.39 is 0 Å². The summed E-state index contributed by atoms with van der Waals surface area (Å²) in [5, 5.41) is 0. The molecule has 2 aromatic heterocycles. The fourth-order valence-corrected chi connectivity index (χ4v) is 4.94. The van der Waals surface area contributed by atoms with E-state index in [1.54, 1.807) is 0 Å². The van der Waals surface area contributed by atoms with Gasteiger partial charge in [-0.25, -0.2) is 9.97 Å². The molecule has 1 spiro atoms. The van der Waals surface area contributed by atoms with Crippen LogP contribution < -0.4 is 10.5 Å². The molecule has 8 heteroatoms. The quantitative estimate of drug-likeness (QED) is 0.844. The summed E-state index contributed by atoms with van der Waals surface area (Å²) in [6.07, 6.45) is 7.86. The van der Waals surface area contributed by atoms with Gasteiger partial charge in [0.1, 0.15) is 5.82 Å². The van der Waals surface area contributed by atoms with Crippen molar-refractivity contribution in [1.82, 2.24) is 24.4 Å². The van der Waals surface area contributed by atoms with Crippen molar-refractivity contribution < 1.29 is 4.74 Å². The molecule has 2 saturated heterocycles. The minimum Gasteiger partial charge on any atom is -0.378 e. The van der Waals surface area contributed by atoms with Crippen molar-refractivity contribution in [2.45, 2.75) is 37.6 Å². The van der Waals surface area contributed by atoms with Crippen LogP contribution in [0.4, 0.5) is 5.95 Å². The Morgan fingerprint density at radius 3 is 2.68 bits per heavy atom. The molecule has 0 amide bonds. The van der Waals surface area contributed by atoms with Crippen LogP contribution in [0.15, 0.2) is 17.2 Å². The number of piperidine rings is 1. The second-order valence-corrected chi connectivity index (χ2v) is 8.33. The molecule has 3 aliphatic rings. The fraction of sp³-hybridized carbons (Fsp3) is 0.650. The number of aromatic amines is 1. The standard InChI is InChI=1S/C20H28N6O2/c1-24-9-6-21-16(24)14-25-7-4-20(5-8-25)3-2-15-17(20)22-19(23-18(15)27)26-10-12-28-13-11-26/h6,9H,2-5,7-8,10-14H2,1H3,(H,22,23,27). The lowest BCUT2D eigenvalue weighted by Crippen LogP contribution is -2.43. The number of H-pyrrole nitrogens is 1. The van der Waals surface area contributed by atoms with Gasteiger partial charge < -0.3 is 14.2 Å². The van der Waals surface area contributed by atoms with E-state index in [2.05, 4.69) is 24.3 Å². The summed E-state index contributed by atoms with van der Waals surface area (Å²) in [7, 11) is 2.05. The molecule has 5 rings (SSSR count). The molecular weight excluding hydrogens is 356 g/mol. The molecule has 0 aromatic carbocycles. The average Bonchev–Trinajstić information content (AvgIpc) is 3.29. The third-order valence-corrected chi connectivity index (χ3v) is 6.77. The number of aromatic nitrogens is 4. The third kappa shape index (κ3) is 3.04. The Kier molecular flexibility index (Phi) is 4.47. The van der Waals surface area contributed by atoms with E-state index in [-0.39, 0.29) is 11.0 Å². The van der Waals surface area contributed by atoms with Crippen molar-refractivity contribution in [3.05, 3.63) is 39.8 Å². The number of aryl methyl sites for hydroxylation is 1. The normalized spacial score (nSPS) is 22.0. The minimum atomic E-state index is 0.0545. The first-order valence-corrected chi connectivity index (χ1v) is 10.3. The second-order valence-electron chi connectivity index (χ2n) is 8.33. The van der Waals surface area contributed by atoms with Gasteiger partial charge in [-0.1, -0.05) is 0 Å². The van der Waals surface area contributed by atoms with Gasteiger partial charge in [-0.15, -0.1) is 0 Å². The summed E-state index contributed by atoms with van der Waals surface area (Å²) in [5.74, 6) is 1.83. The van der Waals surface area contributed by atoms with Crippen LogP contribution in [0.5, 0.6) is 0 Å². The van der Waals surface area contributed by atoms with Crippen LogP contribution in [0, 0.1) is 0 Å². The third-order valence-electron chi connectivity index (χ3n) is 6.77. The molecule has 2 aliphatic heterocycles. The van der Waals surface area contributed by atoms with Gasteiger partial charge in [0.05, 0.1) is 25.5 Å². The minimum absolute atomic E-state index is 0.0545. The number of morpholine rings is 1. The largest absolute Gasteiger partial charge is 0.378 e. The van der Waals surface area contributed by atoms with Crippen molar-refractivity contribution in [3.63, 3.8) is 0 Å². The molecule has 1 aliphatic carbocycles. The number of likely N-dealkylation sites (tertiary alicyclic amines) is 1. The number of hydrogen-bond acceptors (Lipinski definition) is 6. The molecule has 1 N–H and O–H groups in total. The number of nitrogens with zero attached hydrogens (tertiary/aromatic N) is 5. The van der Waals surface area contributed by atoms with Gasteiger partial charge in [0.2, 0.25) is 5.95 Å². The lowest BCUT2D eigenvalue weighted by Gasteiger charge is -2.39. The highest BCUT2D eigenvalue weighted by Gasteiger charge is 2.44. The van der Waals surface area contributed by atoms with Crippen molar-refractivity contribution in [3.8, 4) is 0 Å². The summed E-state index contributed by atoms with van der Waals surface area (Å²) >= 11 is 0. The molecule has 0 atom stereocenters. The summed E-state index contributed by atoms with van der Waals surface area (Å²) in [4.78, 5) is 29.9. The van der Waals surface area contributed by atoms with Crippen LogP contribution in [0.3, 0.4) is 0 Å². The first-order valence-electron chi connectivity index (χ1n) is 10.3.